The summed E-state index contributed by atoms with van der Waals surface area (Å²) in [5.74, 6) is 2.45. The van der Waals surface area contributed by atoms with Gasteiger partial charge in [-0.25, -0.2) is 4.21 Å². The molecule has 4 fully saturated rings. The molecular weight excluding hydrogens is 1730 g/mol. The molecule has 0 aromatic heterocycles. The fourth-order valence-corrected chi connectivity index (χ4v) is 19.3. The average Bonchev–Trinajstić information content (AvgIpc) is 1.50. The van der Waals surface area contributed by atoms with Crippen LogP contribution in [-0.4, -0.2) is 266 Å². The SMILES string of the molecule is CCCC1O[C@@H]2CC3[C@@H]4CCC5=CC(=O)C=C[C@]5(C)C4C(O)C[C@]3(C)[C@]2(C(=O)CCc2ccc(NC(=O)CNC(=O)C(NC(=O)[C@@H](CCCCNC(=O)COC3CCCCCC(NCCOCCOCCOCCOCCC(=O)NCCS(=O)O)=C3N)NC(=O)CCOCCOCCOCCOCCNC(=O)CCC(=O)N3Cc4ccccc4C#Cc4ccccc43)C(C)C)cc2)O1. The summed E-state index contributed by atoms with van der Waals surface area (Å²) >= 11 is -1.96. The Morgan fingerprint density at radius 2 is 1.27 bits per heavy atom. The predicted molar refractivity (Wildman–Crippen MR) is 497 cm³/mol. The molecular formula is C98H140N10O24S. The first-order valence-electron chi connectivity index (χ1n) is 47.4. The molecule has 732 valence electrons. The number of nitrogens with zero attached hydrogens (tertiary/aromatic N) is 1. The first kappa shape index (κ1) is 106. The summed E-state index contributed by atoms with van der Waals surface area (Å²) in [6.45, 7) is 14.9. The van der Waals surface area contributed by atoms with Gasteiger partial charge in [0.15, 0.2) is 34.5 Å². The van der Waals surface area contributed by atoms with Crippen LogP contribution in [0.25, 0.3) is 0 Å². The number of rotatable bonds is 59. The molecule has 8 amide bonds. The monoisotopic (exact) mass is 1870 g/mol. The number of ketones is 2. The van der Waals surface area contributed by atoms with E-state index in [0.29, 0.717) is 128 Å². The van der Waals surface area contributed by atoms with E-state index in [1.165, 1.54) is 0 Å². The van der Waals surface area contributed by atoms with Crippen LogP contribution in [-0.2, 0) is 124 Å². The molecule has 1 saturated heterocycles. The van der Waals surface area contributed by atoms with Crippen molar-refractivity contribution in [1.29, 1.82) is 0 Å². The van der Waals surface area contributed by atoms with Crippen LogP contribution in [0.2, 0.25) is 0 Å². The Labute approximate surface area is 783 Å². The highest BCUT2D eigenvalue weighted by Crippen LogP contribution is 2.70. The van der Waals surface area contributed by atoms with Crippen LogP contribution >= 0.6 is 0 Å². The van der Waals surface area contributed by atoms with Crippen LogP contribution in [0.3, 0.4) is 0 Å². The molecule has 7 unspecified atom stereocenters. The normalized spacial score (nSPS) is 22.9. The highest BCUT2D eigenvalue weighted by atomic mass is 32.2. The summed E-state index contributed by atoms with van der Waals surface area (Å²) < 4.78 is 84.1. The number of nitrogens with one attached hydrogen (secondary N) is 8. The number of carbonyl (C=O) groups is 10. The van der Waals surface area contributed by atoms with E-state index in [-0.39, 0.29) is 183 Å². The van der Waals surface area contributed by atoms with E-state index in [2.05, 4.69) is 75.1 Å². The molecule has 2 aliphatic heterocycles. The van der Waals surface area contributed by atoms with Crippen LogP contribution in [0.4, 0.5) is 11.4 Å². The Kier molecular flexibility index (Phi) is 43.8. The van der Waals surface area contributed by atoms with Gasteiger partial charge in [-0.15, -0.1) is 0 Å². The molecule has 3 aromatic rings. The lowest BCUT2D eigenvalue weighted by molar-refractivity contribution is -0.199. The third-order valence-electron chi connectivity index (χ3n) is 25.8. The van der Waals surface area contributed by atoms with Crippen LogP contribution in [0.15, 0.2) is 108 Å². The van der Waals surface area contributed by atoms with Gasteiger partial charge in [-0.2, -0.15) is 0 Å². The standard InChI is InChI=1S/C98H140N10O24S/c1-6-16-90-131-83-62-76-75-32-29-72-61-74(109)36-39-96(72,4)91(75)80(110)63-97(76,5)98(83,132-90)82(111)33-26-68-24-30-73(31-25-68)105-87(115)64-104-95(119)93(67(2)3)107-94(118)78(21-14-15-40-101-88(116)66-130-81-23-9-7-8-20-77(92(81)99)100-41-46-124-50-54-128-58-56-126-52-48-122-44-37-85(113)103-43-60-133(120)121)106-86(114)38-45-123-49-53-127-57-59-129-55-51-125-47-42-102-84(112)34-35-89(117)108-65-71-19-11-10-17-69(71)27-28-70-18-12-13-22-79(70)108/h10-13,17-19,22,24-25,30-31,36,39,61,67,75-76,78,80-81,83,90-91,93,100,110H,6-9,14-16,20-21,23,26,29,32-35,37-38,40-60,62-66,99H2,1-5H3,(H,101,116)(H,102,112)(H,103,113)(H,104,119)(H,105,115)(H,106,114)(H,107,118)(H,120,121)/t75-,76?,78+,80?,81?,83+,90?,91?,93?,96-,97-,98+/m0/s1. The number of nitrogens with two attached hydrogens (primary N) is 1. The van der Waals surface area contributed by atoms with Crippen LogP contribution < -0.4 is 53.2 Å². The van der Waals surface area contributed by atoms with Gasteiger partial charge in [0.05, 0.1) is 154 Å². The molecule has 10 rings (SSSR count). The quantitative estimate of drug-likeness (QED) is 0.0162. The van der Waals surface area contributed by atoms with Crippen molar-refractivity contribution >= 4 is 81.3 Å². The molecule has 3 saturated carbocycles. The summed E-state index contributed by atoms with van der Waals surface area (Å²) in [5, 5.41) is 35.0. The Morgan fingerprint density at radius 1 is 0.647 bits per heavy atom. The second-order valence-corrected chi connectivity index (χ2v) is 36.6. The highest BCUT2D eigenvalue weighted by Gasteiger charge is 2.75. The average molecular weight is 1870 g/mol. The Morgan fingerprint density at radius 3 is 1.95 bits per heavy atom. The number of para-hydroxylation sites is 1. The molecule has 35 heteroatoms. The number of aliphatic hydroxyl groups excluding tert-OH is 1. The van der Waals surface area contributed by atoms with E-state index in [0.717, 1.165) is 72.0 Å². The summed E-state index contributed by atoms with van der Waals surface area (Å²) in [6, 6.07) is 20.1. The zero-order valence-corrected chi connectivity index (χ0v) is 78.7. The Hall–Kier alpha value is -9.23. The largest absolute Gasteiger partial charge is 0.399 e. The molecule has 13 atom stereocenters. The fourth-order valence-electron chi connectivity index (χ4n) is 19.0. The lowest BCUT2D eigenvalue weighted by Crippen LogP contribution is -2.63. The number of aliphatic hydroxyl groups is 1. The molecule has 12 N–H and O–H groups in total. The smallest absolute Gasteiger partial charge is 0.246 e. The Balaban J connectivity index is 0.629. The molecule has 7 aliphatic rings. The van der Waals surface area contributed by atoms with E-state index in [4.69, 9.17) is 62.4 Å². The zero-order chi connectivity index (χ0) is 95.0. The molecule has 133 heavy (non-hydrogen) atoms. The highest BCUT2D eigenvalue weighted by molar-refractivity contribution is 7.79. The number of aryl methyl sites for hydroxylation is 1. The van der Waals surface area contributed by atoms with Gasteiger partial charge in [-0.05, 0) is 148 Å². The molecule has 34 nitrogen and oxygen atoms in total. The number of Topliss-reactive ketones (excluding diaryl/α,β-unsaturated/α-hetero) is 1. The van der Waals surface area contributed by atoms with Gasteiger partial charge in [-0.1, -0.05) is 120 Å². The fraction of sp³-hybridized carbons (Fsp3) is 0.633. The topological polar surface area (TPSA) is 455 Å². The number of benzene rings is 3. The minimum absolute atomic E-state index is 0.000939. The maximum atomic E-state index is 15.1. The zero-order valence-electron chi connectivity index (χ0n) is 77.9. The number of hydrogen-bond acceptors (Lipinski definition) is 25. The first-order valence-corrected chi connectivity index (χ1v) is 48.7. The number of ether oxygens (including phenoxy) is 11. The second-order valence-electron chi connectivity index (χ2n) is 35.5. The molecule has 3 aromatic carbocycles. The number of unbranched alkanes of at least 4 members (excludes halogenated alkanes) is 1. The number of fused-ring (bicyclic) bond motifs is 9. The molecule has 2 heterocycles. The summed E-state index contributed by atoms with van der Waals surface area (Å²) in [4.78, 5) is 136. The van der Waals surface area contributed by atoms with Gasteiger partial charge in [-0.3, -0.25) is 47.9 Å². The number of hydrogen-bond donors (Lipinski definition) is 11. The maximum Gasteiger partial charge on any atom is 0.246 e. The second kappa shape index (κ2) is 55.1. The van der Waals surface area contributed by atoms with Crippen LogP contribution in [0.1, 0.15) is 179 Å². The molecule has 0 spiro atoms. The minimum Gasteiger partial charge on any atom is -0.399 e. The van der Waals surface area contributed by atoms with Gasteiger partial charge in [0, 0.05) is 97.5 Å². The van der Waals surface area contributed by atoms with Crippen molar-refractivity contribution in [3.8, 4) is 11.8 Å². The van der Waals surface area contributed by atoms with Crippen molar-refractivity contribution in [2.45, 2.75) is 212 Å². The number of anilines is 2. The van der Waals surface area contributed by atoms with Crippen molar-refractivity contribution in [3.05, 3.63) is 130 Å². The molecule has 5 aliphatic carbocycles. The van der Waals surface area contributed by atoms with E-state index >= 15 is 4.79 Å². The molecule has 0 radical (unpaired) electrons. The van der Waals surface area contributed by atoms with Crippen LogP contribution in [0, 0.1) is 46.3 Å². The third-order valence-corrected chi connectivity index (χ3v) is 26.4. The number of allylic oxidation sites excluding steroid dienone is 5. The van der Waals surface area contributed by atoms with Crippen molar-refractivity contribution < 1.29 is 114 Å². The lowest BCUT2D eigenvalue weighted by Gasteiger charge is -2.59. The Bertz CT molecular complexity index is 4520. The van der Waals surface area contributed by atoms with Gasteiger partial charge in [0.1, 0.15) is 18.7 Å². The summed E-state index contributed by atoms with van der Waals surface area (Å²) in [6.07, 6.45) is 12.6. The van der Waals surface area contributed by atoms with E-state index in [1.54, 1.807) is 43.0 Å². The summed E-state index contributed by atoms with van der Waals surface area (Å²) in [5.41, 5.74) is 11.2. The van der Waals surface area contributed by atoms with Crippen molar-refractivity contribution in [1.82, 2.24) is 37.2 Å². The van der Waals surface area contributed by atoms with Gasteiger partial charge >= 0.3 is 0 Å². The van der Waals surface area contributed by atoms with Crippen molar-refractivity contribution in [2.24, 2.45) is 40.2 Å². The number of carbonyl (C=O) groups excluding carboxylic acids is 10. The van der Waals surface area contributed by atoms with Crippen molar-refractivity contribution in [3.63, 3.8) is 0 Å². The van der Waals surface area contributed by atoms with Crippen molar-refractivity contribution in [2.75, 3.05) is 161 Å². The molecule has 0 bridgehead atoms. The van der Waals surface area contributed by atoms with Gasteiger partial charge < -0.3 is 115 Å². The van der Waals surface area contributed by atoms with E-state index in [1.807, 2.05) is 66.7 Å². The predicted octanol–water partition coefficient (Wildman–Crippen LogP) is 6.53. The number of amides is 8. The summed E-state index contributed by atoms with van der Waals surface area (Å²) in [7, 11) is 0. The lowest BCUT2D eigenvalue weighted by atomic mass is 9.46. The van der Waals surface area contributed by atoms with Gasteiger partial charge in [0.25, 0.3) is 0 Å². The minimum atomic E-state index is -1.96. The maximum absolute atomic E-state index is 15.1. The van der Waals surface area contributed by atoms with Crippen LogP contribution in [0.5, 0.6) is 0 Å². The first-order chi connectivity index (χ1) is 64.3. The van der Waals surface area contributed by atoms with Gasteiger partial charge in [0.2, 0.25) is 47.3 Å². The van der Waals surface area contributed by atoms with E-state index < -0.39 is 100 Å². The van der Waals surface area contributed by atoms with E-state index in [9.17, 15) is 52.5 Å². The third kappa shape index (κ3) is 31.9.